The summed E-state index contributed by atoms with van der Waals surface area (Å²) in [5.74, 6) is 0.0676. The van der Waals surface area contributed by atoms with Gasteiger partial charge in [-0.3, -0.25) is 4.57 Å². The molecule has 1 N–H and O–H groups in total. The molecule has 0 aliphatic carbocycles. The van der Waals surface area contributed by atoms with Crippen LogP contribution in [0.25, 0.3) is 11.1 Å². The van der Waals surface area contributed by atoms with Crippen LogP contribution in [0, 0.1) is 5.92 Å². The maximum atomic E-state index is 12.9. The third-order valence-electron chi connectivity index (χ3n) is 5.57. The Morgan fingerprint density at radius 2 is 1.92 bits per heavy atom. The van der Waals surface area contributed by atoms with Crippen LogP contribution in [-0.4, -0.2) is 43.0 Å². The van der Waals surface area contributed by atoms with E-state index in [0.29, 0.717) is 36.1 Å². The molecule has 2 fully saturated rings. The maximum absolute atomic E-state index is 12.9. The average Bonchev–Trinajstić information content (AvgIpc) is 3.24. The van der Waals surface area contributed by atoms with Gasteiger partial charge in [-0.2, -0.15) is 4.31 Å². The molecular weight excluding hydrogens is 378 g/mol. The zero-order chi connectivity index (χ0) is 17.6. The molecule has 0 bridgehead atoms. The van der Waals surface area contributed by atoms with Gasteiger partial charge < -0.3 is 9.73 Å². The Bertz CT molecular complexity index is 939. The quantitative estimate of drug-likeness (QED) is 0.846. The first-order valence-electron chi connectivity index (χ1n) is 8.80. The topological polar surface area (TPSA) is 84.5 Å². The highest BCUT2D eigenvalue weighted by atomic mass is 35.5. The number of aromatic nitrogens is 1. The van der Waals surface area contributed by atoms with E-state index in [4.69, 9.17) is 4.42 Å². The van der Waals surface area contributed by atoms with Crippen LogP contribution in [0.2, 0.25) is 0 Å². The Morgan fingerprint density at radius 3 is 2.58 bits per heavy atom. The Balaban J connectivity index is 0.00000196. The summed E-state index contributed by atoms with van der Waals surface area (Å²) < 4.78 is 33.9. The molecule has 144 valence electrons. The second kappa shape index (κ2) is 7.34. The molecule has 2 aliphatic rings. The highest BCUT2D eigenvalue weighted by Gasteiger charge is 2.33. The first-order valence-corrected chi connectivity index (χ1v) is 10.2. The second-order valence-corrected chi connectivity index (χ2v) is 8.94. The first-order chi connectivity index (χ1) is 12.0. The average molecular weight is 402 g/mol. The summed E-state index contributed by atoms with van der Waals surface area (Å²) in [5, 5.41) is 3.53. The van der Waals surface area contributed by atoms with Crippen LogP contribution in [0.15, 0.2) is 32.3 Å². The summed E-state index contributed by atoms with van der Waals surface area (Å²) in [5.41, 5.74) is 0.897. The Hall–Kier alpha value is -1.35. The molecule has 7 nitrogen and oxygen atoms in total. The van der Waals surface area contributed by atoms with Crippen molar-refractivity contribution in [1.82, 2.24) is 14.2 Å². The van der Waals surface area contributed by atoms with Gasteiger partial charge in [0.25, 0.3) is 0 Å². The fraction of sp³-hybridized carbons (Fsp3) is 0.588. The van der Waals surface area contributed by atoms with Gasteiger partial charge in [0, 0.05) is 32.2 Å². The van der Waals surface area contributed by atoms with Crippen molar-refractivity contribution < 1.29 is 12.8 Å². The van der Waals surface area contributed by atoms with E-state index >= 15 is 0 Å². The first kappa shape index (κ1) is 19.4. The molecule has 0 spiro atoms. The number of sulfonamides is 1. The summed E-state index contributed by atoms with van der Waals surface area (Å²) in [6.07, 6.45) is 4.19. The fourth-order valence-electron chi connectivity index (χ4n) is 4.06. The van der Waals surface area contributed by atoms with Gasteiger partial charge in [0.2, 0.25) is 10.0 Å². The number of nitrogens with zero attached hydrogens (tertiary/aromatic N) is 2. The second-order valence-electron chi connectivity index (χ2n) is 7.00. The SMILES string of the molecule is Cl.Cn1c(=O)oc2cc(S(=O)(=O)N3CCC(C4CCCN4)CC3)ccc21. The van der Waals surface area contributed by atoms with Crippen molar-refractivity contribution in [3.05, 3.63) is 28.7 Å². The summed E-state index contributed by atoms with van der Waals surface area (Å²) in [4.78, 5) is 11.8. The molecule has 1 aromatic heterocycles. The van der Waals surface area contributed by atoms with E-state index in [-0.39, 0.29) is 17.3 Å². The van der Waals surface area contributed by atoms with Gasteiger partial charge in [-0.15, -0.1) is 12.4 Å². The summed E-state index contributed by atoms with van der Waals surface area (Å²) in [7, 11) is -1.96. The fourth-order valence-corrected chi connectivity index (χ4v) is 5.54. The van der Waals surface area contributed by atoms with Gasteiger partial charge in [0.1, 0.15) is 0 Å². The molecule has 2 aromatic rings. The van der Waals surface area contributed by atoms with Crippen molar-refractivity contribution >= 4 is 33.5 Å². The van der Waals surface area contributed by atoms with Crippen LogP contribution in [0.3, 0.4) is 0 Å². The van der Waals surface area contributed by atoms with Gasteiger partial charge in [-0.1, -0.05) is 0 Å². The van der Waals surface area contributed by atoms with Crippen LogP contribution < -0.4 is 11.1 Å². The number of oxazole rings is 1. The molecule has 0 amide bonds. The van der Waals surface area contributed by atoms with Crippen LogP contribution in [-0.2, 0) is 17.1 Å². The van der Waals surface area contributed by atoms with Gasteiger partial charge >= 0.3 is 5.76 Å². The Morgan fingerprint density at radius 1 is 1.19 bits per heavy atom. The largest absolute Gasteiger partial charge is 0.419 e. The van der Waals surface area contributed by atoms with E-state index in [9.17, 15) is 13.2 Å². The molecule has 1 aromatic carbocycles. The van der Waals surface area contributed by atoms with Crippen molar-refractivity contribution in [3.63, 3.8) is 0 Å². The standard InChI is InChI=1S/C17H23N3O4S.ClH/c1-19-15-5-4-13(11-16(15)24-17(19)21)25(22,23)20-9-6-12(7-10-20)14-3-2-8-18-14;/h4-5,11-12,14,18H,2-3,6-10H2,1H3;1H. The highest BCUT2D eigenvalue weighted by molar-refractivity contribution is 7.89. The zero-order valence-corrected chi connectivity index (χ0v) is 16.3. The lowest BCUT2D eigenvalue weighted by atomic mass is 9.89. The molecule has 1 unspecified atom stereocenters. The molecule has 9 heteroatoms. The minimum Gasteiger partial charge on any atom is -0.408 e. The van der Waals surface area contributed by atoms with Crippen LogP contribution in [0.4, 0.5) is 0 Å². The number of hydrogen-bond acceptors (Lipinski definition) is 5. The number of rotatable bonds is 3. The van der Waals surface area contributed by atoms with Crippen molar-refractivity contribution in [2.75, 3.05) is 19.6 Å². The van der Waals surface area contributed by atoms with Gasteiger partial charge in [-0.05, 0) is 50.3 Å². The van der Waals surface area contributed by atoms with Gasteiger partial charge in [0.15, 0.2) is 5.58 Å². The van der Waals surface area contributed by atoms with Crippen molar-refractivity contribution in [2.24, 2.45) is 13.0 Å². The molecule has 0 radical (unpaired) electrons. The summed E-state index contributed by atoms with van der Waals surface area (Å²) in [6, 6.07) is 5.18. The van der Waals surface area contributed by atoms with Crippen LogP contribution in [0.1, 0.15) is 25.7 Å². The number of nitrogens with one attached hydrogen (secondary N) is 1. The molecule has 0 saturated carbocycles. The van der Waals surface area contributed by atoms with E-state index in [1.165, 1.54) is 23.5 Å². The molecule has 2 aliphatic heterocycles. The Kier molecular flexibility index (Phi) is 5.48. The predicted octanol–water partition coefficient (Wildman–Crippen LogP) is 1.71. The number of benzene rings is 1. The van der Waals surface area contributed by atoms with E-state index in [1.54, 1.807) is 23.5 Å². The van der Waals surface area contributed by atoms with E-state index in [2.05, 4.69) is 5.32 Å². The van der Waals surface area contributed by atoms with E-state index < -0.39 is 15.8 Å². The third-order valence-corrected chi connectivity index (χ3v) is 7.46. The summed E-state index contributed by atoms with van der Waals surface area (Å²) in [6.45, 7) is 2.16. The lowest BCUT2D eigenvalue weighted by Crippen LogP contribution is -2.43. The predicted molar refractivity (Wildman–Crippen MR) is 101 cm³/mol. The van der Waals surface area contributed by atoms with Gasteiger partial charge in [0.05, 0.1) is 10.4 Å². The van der Waals surface area contributed by atoms with E-state index in [1.807, 2.05) is 0 Å². The number of piperidine rings is 1. The number of hydrogen-bond donors (Lipinski definition) is 1. The Labute approximate surface area is 158 Å². The van der Waals surface area contributed by atoms with Gasteiger partial charge in [-0.25, -0.2) is 13.2 Å². The highest BCUT2D eigenvalue weighted by Crippen LogP contribution is 2.29. The molecule has 3 heterocycles. The smallest absolute Gasteiger partial charge is 0.408 e. The molecule has 26 heavy (non-hydrogen) atoms. The lowest BCUT2D eigenvalue weighted by Gasteiger charge is -2.34. The number of halogens is 1. The van der Waals surface area contributed by atoms with Crippen molar-refractivity contribution in [1.29, 1.82) is 0 Å². The van der Waals surface area contributed by atoms with Crippen LogP contribution in [0.5, 0.6) is 0 Å². The molecule has 4 rings (SSSR count). The maximum Gasteiger partial charge on any atom is 0.419 e. The monoisotopic (exact) mass is 401 g/mol. The number of fused-ring (bicyclic) bond motifs is 1. The zero-order valence-electron chi connectivity index (χ0n) is 14.7. The van der Waals surface area contributed by atoms with Crippen LogP contribution >= 0.6 is 12.4 Å². The third kappa shape index (κ3) is 3.31. The molecule has 1 atom stereocenters. The van der Waals surface area contributed by atoms with E-state index in [0.717, 1.165) is 19.4 Å². The molecule has 2 saturated heterocycles. The minimum absolute atomic E-state index is 0. The van der Waals surface area contributed by atoms with Crippen molar-refractivity contribution in [2.45, 2.75) is 36.6 Å². The normalized spacial score (nSPS) is 22.6. The minimum atomic E-state index is -3.56. The number of aryl methyl sites for hydroxylation is 1. The summed E-state index contributed by atoms with van der Waals surface area (Å²) >= 11 is 0. The lowest BCUT2D eigenvalue weighted by molar-refractivity contribution is 0.234. The molecular formula is C17H24ClN3O4S. The van der Waals surface area contributed by atoms with Crippen molar-refractivity contribution in [3.8, 4) is 0 Å².